The molecule has 0 unspecified atom stereocenters. The van der Waals surface area contributed by atoms with Gasteiger partial charge in [0.2, 0.25) is 0 Å². The summed E-state index contributed by atoms with van der Waals surface area (Å²) in [5.74, 6) is -0.520. The number of nitrogens with one attached hydrogen (secondary N) is 2. The molecule has 2 aromatic carbocycles. The Morgan fingerprint density at radius 3 is 2.69 bits per heavy atom. The number of carbonyl (C=O) groups excluding carboxylic acids is 2. The van der Waals surface area contributed by atoms with Crippen molar-refractivity contribution in [2.45, 2.75) is 12.8 Å². The number of hydrogen-bond donors (Lipinski definition) is 3. The summed E-state index contributed by atoms with van der Waals surface area (Å²) in [5, 5.41) is 15.0. The Balaban J connectivity index is 1.32. The van der Waals surface area contributed by atoms with Crippen molar-refractivity contribution in [2.75, 3.05) is 31.5 Å². The van der Waals surface area contributed by atoms with Crippen molar-refractivity contribution in [2.24, 2.45) is 0 Å². The second kappa shape index (κ2) is 9.60. The van der Waals surface area contributed by atoms with Crippen molar-refractivity contribution in [3.8, 4) is 11.3 Å². The molecule has 178 valence electrons. The van der Waals surface area contributed by atoms with Crippen LogP contribution in [0.25, 0.3) is 23.0 Å². The lowest BCUT2D eigenvalue weighted by atomic mass is 10.0. The third kappa shape index (κ3) is 4.88. The Kier molecular flexibility index (Phi) is 6.20. The number of fused-ring (bicyclic) bond motifs is 1. The minimum Gasteiger partial charge on any atom is -0.478 e. The van der Waals surface area contributed by atoms with Gasteiger partial charge in [0.05, 0.1) is 11.1 Å². The number of rotatable bonds is 7. The predicted octanol–water partition coefficient (Wildman–Crippen LogP) is 3.96. The Hall–Kier alpha value is -4.17. The highest BCUT2D eigenvalue weighted by Crippen LogP contribution is 2.35. The van der Waals surface area contributed by atoms with Crippen LogP contribution < -0.4 is 10.6 Å². The van der Waals surface area contributed by atoms with Crippen LogP contribution in [0, 0.1) is 0 Å². The van der Waals surface area contributed by atoms with Gasteiger partial charge in [-0.3, -0.25) is 9.59 Å². The molecule has 3 heterocycles. The van der Waals surface area contributed by atoms with Crippen molar-refractivity contribution >= 4 is 35.1 Å². The van der Waals surface area contributed by atoms with Gasteiger partial charge in [0.15, 0.2) is 0 Å². The van der Waals surface area contributed by atoms with Crippen LogP contribution in [0.4, 0.5) is 5.69 Å². The molecule has 2 aliphatic heterocycles. The third-order valence-electron chi connectivity index (χ3n) is 6.28. The summed E-state index contributed by atoms with van der Waals surface area (Å²) < 4.78 is 5.94. The molecule has 8 heteroatoms. The number of nitrogens with zero attached hydrogens (tertiary/aromatic N) is 1. The summed E-state index contributed by atoms with van der Waals surface area (Å²) in [5.41, 5.74) is 2.79. The lowest BCUT2D eigenvalue weighted by Crippen LogP contribution is -2.33. The van der Waals surface area contributed by atoms with Gasteiger partial charge in [-0.25, -0.2) is 4.79 Å². The summed E-state index contributed by atoms with van der Waals surface area (Å²) in [6, 6.07) is 15.2. The van der Waals surface area contributed by atoms with Gasteiger partial charge in [-0.2, -0.15) is 0 Å². The summed E-state index contributed by atoms with van der Waals surface area (Å²) in [6.07, 6.45) is 4.03. The molecule has 1 saturated heterocycles. The predicted molar refractivity (Wildman–Crippen MR) is 132 cm³/mol. The molecule has 1 aromatic heterocycles. The number of anilines is 1. The Morgan fingerprint density at radius 2 is 1.89 bits per heavy atom. The van der Waals surface area contributed by atoms with Crippen molar-refractivity contribution in [3.05, 3.63) is 77.0 Å². The van der Waals surface area contributed by atoms with Crippen molar-refractivity contribution in [1.82, 2.24) is 10.2 Å². The largest absolute Gasteiger partial charge is 0.478 e. The van der Waals surface area contributed by atoms with Gasteiger partial charge in [-0.1, -0.05) is 12.1 Å². The molecule has 3 aromatic rings. The number of hydrogen-bond acceptors (Lipinski definition) is 5. The van der Waals surface area contributed by atoms with Crippen LogP contribution in [0.2, 0.25) is 0 Å². The normalized spacial score (nSPS) is 16.3. The maximum Gasteiger partial charge on any atom is 0.335 e. The van der Waals surface area contributed by atoms with Crippen LogP contribution >= 0.6 is 0 Å². The van der Waals surface area contributed by atoms with Crippen molar-refractivity contribution < 1.29 is 23.9 Å². The van der Waals surface area contributed by atoms with E-state index >= 15 is 0 Å². The molecule has 3 N–H and O–H groups in total. The van der Waals surface area contributed by atoms with Crippen molar-refractivity contribution in [3.63, 3.8) is 0 Å². The molecule has 5 rings (SSSR count). The zero-order valence-corrected chi connectivity index (χ0v) is 19.0. The molecule has 35 heavy (non-hydrogen) atoms. The Labute approximate surface area is 202 Å². The number of likely N-dealkylation sites (tertiary alicyclic amines) is 1. The number of carbonyl (C=O) groups is 3. The monoisotopic (exact) mass is 471 g/mol. The van der Waals surface area contributed by atoms with E-state index in [1.807, 2.05) is 6.07 Å². The van der Waals surface area contributed by atoms with E-state index in [4.69, 9.17) is 4.42 Å². The maximum atomic E-state index is 12.6. The molecular weight excluding hydrogens is 446 g/mol. The van der Waals surface area contributed by atoms with Gasteiger partial charge < -0.3 is 25.1 Å². The van der Waals surface area contributed by atoms with Gasteiger partial charge in [0, 0.05) is 35.5 Å². The van der Waals surface area contributed by atoms with Crippen LogP contribution in [0.15, 0.2) is 59.0 Å². The summed E-state index contributed by atoms with van der Waals surface area (Å²) in [6.45, 7) is 3.65. The van der Waals surface area contributed by atoms with E-state index in [0.717, 1.165) is 25.2 Å². The van der Waals surface area contributed by atoms with Gasteiger partial charge >= 0.3 is 5.97 Å². The lowest BCUT2D eigenvalue weighted by molar-refractivity contribution is -0.110. The molecule has 0 radical (unpaired) electrons. The average molecular weight is 472 g/mol. The van der Waals surface area contributed by atoms with E-state index in [0.29, 0.717) is 40.5 Å². The van der Waals surface area contributed by atoms with E-state index in [1.165, 1.54) is 25.0 Å². The molecule has 0 bridgehead atoms. The molecule has 0 saturated carbocycles. The van der Waals surface area contributed by atoms with Gasteiger partial charge in [0.1, 0.15) is 11.5 Å². The van der Waals surface area contributed by atoms with Crippen LogP contribution in [0.3, 0.4) is 0 Å². The fourth-order valence-corrected chi connectivity index (χ4v) is 4.44. The first kappa shape index (κ1) is 22.6. The minimum absolute atomic E-state index is 0.0989. The summed E-state index contributed by atoms with van der Waals surface area (Å²) in [7, 11) is 0. The van der Waals surface area contributed by atoms with E-state index < -0.39 is 5.97 Å². The topological polar surface area (TPSA) is 112 Å². The number of aromatic carboxylic acids is 1. The quantitative estimate of drug-likeness (QED) is 0.450. The molecule has 8 nitrogen and oxygen atoms in total. The lowest BCUT2D eigenvalue weighted by Gasteiger charge is -2.14. The highest BCUT2D eigenvalue weighted by Gasteiger charge is 2.25. The van der Waals surface area contributed by atoms with E-state index in [1.54, 1.807) is 42.5 Å². The van der Waals surface area contributed by atoms with Gasteiger partial charge in [-0.05, 0) is 74.5 Å². The zero-order chi connectivity index (χ0) is 24.4. The molecule has 2 aliphatic rings. The number of carboxylic acids is 1. The summed E-state index contributed by atoms with van der Waals surface area (Å²) >= 11 is 0. The minimum atomic E-state index is -1.06. The Bertz CT molecular complexity index is 1330. The van der Waals surface area contributed by atoms with E-state index in [-0.39, 0.29) is 17.4 Å². The average Bonchev–Trinajstić information content (AvgIpc) is 3.60. The Morgan fingerprint density at radius 1 is 1.06 bits per heavy atom. The first-order valence-electron chi connectivity index (χ1n) is 11.6. The van der Waals surface area contributed by atoms with E-state index in [9.17, 15) is 19.5 Å². The number of furan rings is 1. The second-order valence-electron chi connectivity index (χ2n) is 8.67. The number of carboxylic acid groups (broad SMARTS) is 1. The number of amides is 2. The first-order chi connectivity index (χ1) is 17.0. The molecule has 0 atom stereocenters. The SMILES string of the molecule is O=C1Nc2ccc(C(=O)O)cc2C1=Cc1ccc(-c2cccc(C(=O)NCCN3CCCC3)c2)o1. The van der Waals surface area contributed by atoms with Crippen LogP contribution in [-0.2, 0) is 4.79 Å². The second-order valence-corrected chi connectivity index (χ2v) is 8.67. The highest BCUT2D eigenvalue weighted by atomic mass is 16.4. The zero-order valence-electron chi connectivity index (χ0n) is 19.0. The van der Waals surface area contributed by atoms with Crippen LogP contribution in [0.1, 0.15) is 44.9 Å². The standard InChI is InChI=1S/C27H25N3O5/c31-25(28-10-13-30-11-1-2-12-30)18-5-3-4-17(14-18)24-9-7-20(35-24)16-22-21-15-19(27(33)34)6-8-23(21)29-26(22)32/h3-9,14-16H,1-2,10-13H2,(H,28,31)(H,29,32)(H,33,34). The third-order valence-corrected chi connectivity index (χ3v) is 6.28. The van der Waals surface area contributed by atoms with Crippen molar-refractivity contribution in [1.29, 1.82) is 0 Å². The van der Waals surface area contributed by atoms with Crippen LogP contribution in [0.5, 0.6) is 0 Å². The smallest absolute Gasteiger partial charge is 0.335 e. The van der Waals surface area contributed by atoms with Gasteiger partial charge in [0.25, 0.3) is 11.8 Å². The van der Waals surface area contributed by atoms with E-state index in [2.05, 4.69) is 15.5 Å². The molecule has 0 spiro atoms. The highest BCUT2D eigenvalue weighted by molar-refractivity contribution is 6.35. The molecule has 1 fully saturated rings. The van der Waals surface area contributed by atoms with Crippen LogP contribution in [-0.4, -0.2) is 54.0 Å². The fraction of sp³-hybridized carbons (Fsp3) is 0.222. The maximum absolute atomic E-state index is 12.6. The van der Waals surface area contributed by atoms with Gasteiger partial charge in [-0.15, -0.1) is 0 Å². The first-order valence-corrected chi connectivity index (χ1v) is 11.6. The molecule has 0 aliphatic carbocycles. The number of benzene rings is 2. The molecular formula is C27H25N3O5. The summed E-state index contributed by atoms with van der Waals surface area (Å²) in [4.78, 5) is 38.8. The fourth-order valence-electron chi connectivity index (χ4n) is 4.44. The molecule has 2 amide bonds.